The van der Waals surface area contributed by atoms with Crippen LogP contribution in [0.4, 0.5) is 4.39 Å². The lowest BCUT2D eigenvalue weighted by Gasteiger charge is -2.12. The lowest BCUT2D eigenvalue weighted by atomic mass is 10.1. The van der Waals surface area contributed by atoms with Gasteiger partial charge in [0.15, 0.2) is 0 Å². The van der Waals surface area contributed by atoms with Gasteiger partial charge in [-0.3, -0.25) is 9.59 Å². The molecule has 1 aromatic rings. The number of halogens is 1. The number of hydrogen-bond acceptors (Lipinski definition) is 3. The van der Waals surface area contributed by atoms with Gasteiger partial charge in [0, 0.05) is 12.5 Å². The summed E-state index contributed by atoms with van der Waals surface area (Å²) in [6.45, 7) is 0.376. The molecule has 0 aromatic heterocycles. The van der Waals surface area contributed by atoms with E-state index in [1.807, 2.05) is 0 Å². The van der Waals surface area contributed by atoms with Gasteiger partial charge in [-0.15, -0.1) is 0 Å². The minimum atomic E-state index is -0.788. The van der Waals surface area contributed by atoms with E-state index in [2.05, 4.69) is 5.32 Å². The van der Waals surface area contributed by atoms with E-state index in [1.54, 1.807) is 12.1 Å². The van der Waals surface area contributed by atoms with Gasteiger partial charge in [-0.05, 0) is 49.9 Å². The Morgan fingerprint density at radius 1 is 1.27 bits per heavy atom. The Morgan fingerprint density at radius 2 is 2.00 bits per heavy atom. The predicted molar refractivity (Wildman–Crippen MR) is 78.0 cm³/mol. The van der Waals surface area contributed by atoms with Crippen LogP contribution in [-0.4, -0.2) is 29.6 Å². The normalized spacial score (nSPS) is 20.6. The van der Waals surface area contributed by atoms with Gasteiger partial charge in [0.25, 0.3) is 0 Å². The summed E-state index contributed by atoms with van der Waals surface area (Å²) in [7, 11) is 0. The van der Waals surface area contributed by atoms with Crippen LogP contribution in [0.1, 0.15) is 32.1 Å². The van der Waals surface area contributed by atoms with Crippen LogP contribution in [0.3, 0.4) is 0 Å². The minimum absolute atomic E-state index is 0.0355. The average Bonchev–Trinajstić information content (AvgIpc) is 2.94. The molecular formula is C16H20FNO4. The zero-order valence-corrected chi connectivity index (χ0v) is 12.3. The lowest BCUT2D eigenvalue weighted by Crippen LogP contribution is -2.33. The van der Waals surface area contributed by atoms with Crippen molar-refractivity contribution in [3.05, 3.63) is 30.1 Å². The Labute approximate surface area is 128 Å². The van der Waals surface area contributed by atoms with E-state index in [4.69, 9.17) is 9.84 Å². The number of benzene rings is 1. The van der Waals surface area contributed by atoms with Crippen LogP contribution in [-0.2, 0) is 9.59 Å². The molecule has 2 atom stereocenters. The number of nitrogens with one attached hydrogen (secondary N) is 1. The summed E-state index contributed by atoms with van der Waals surface area (Å²) in [5, 5.41) is 11.8. The first-order chi connectivity index (χ1) is 10.5. The molecule has 0 spiro atoms. The molecule has 0 unspecified atom stereocenters. The van der Waals surface area contributed by atoms with E-state index in [-0.39, 0.29) is 23.7 Å². The minimum Gasteiger partial charge on any atom is -0.494 e. The van der Waals surface area contributed by atoms with E-state index in [9.17, 15) is 14.0 Å². The molecule has 1 saturated carbocycles. The van der Waals surface area contributed by atoms with Crippen LogP contribution < -0.4 is 10.1 Å². The number of amides is 1. The van der Waals surface area contributed by atoms with E-state index in [1.165, 1.54) is 12.1 Å². The SMILES string of the molecule is O=C(CCCOc1ccc(F)cc1)N[C@@H]1CC[C@H](C(=O)O)C1. The molecule has 1 aliphatic rings. The topological polar surface area (TPSA) is 75.6 Å². The number of carboxylic acid groups (broad SMARTS) is 1. The molecule has 22 heavy (non-hydrogen) atoms. The van der Waals surface area contributed by atoms with Crippen molar-refractivity contribution in [2.24, 2.45) is 5.92 Å². The molecule has 2 N–H and O–H groups in total. The number of carbonyl (C=O) groups is 2. The first-order valence-corrected chi connectivity index (χ1v) is 7.45. The number of aliphatic carboxylic acids is 1. The van der Waals surface area contributed by atoms with Crippen molar-refractivity contribution in [2.45, 2.75) is 38.1 Å². The maximum Gasteiger partial charge on any atom is 0.306 e. The highest BCUT2D eigenvalue weighted by atomic mass is 19.1. The highest BCUT2D eigenvalue weighted by Gasteiger charge is 2.30. The third-order valence-corrected chi connectivity index (χ3v) is 3.78. The second-order valence-corrected chi connectivity index (χ2v) is 5.52. The zero-order valence-electron chi connectivity index (χ0n) is 12.3. The first kappa shape index (κ1) is 16.3. The summed E-state index contributed by atoms with van der Waals surface area (Å²) < 4.78 is 18.1. The summed E-state index contributed by atoms with van der Waals surface area (Å²) in [6, 6.07) is 5.69. The standard InChI is InChI=1S/C16H20FNO4/c17-12-4-7-14(8-5-12)22-9-1-2-15(19)18-13-6-3-11(10-13)16(20)21/h4-5,7-8,11,13H,1-3,6,9-10H2,(H,18,19)(H,20,21)/t11-,13+/m0/s1. The third kappa shape index (κ3) is 5.02. The molecule has 0 saturated heterocycles. The van der Waals surface area contributed by atoms with Gasteiger partial charge in [-0.25, -0.2) is 4.39 Å². The van der Waals surface area contributed by atoms with Crippen LogP contribution >= 0.6 is 0 Å². The van der Waals surface area contributed by atoms with Gasteiger partial charge in [-0.1, -0.05) is 0 Å². The third-order valence-electron chi connectivity index (χ3n) is 3.78. The van der Waals surface area contributed by atoms with E-state index in [0.717, 1.165) is 6.42 Å². The molecule has 5 nitrogen and oxygen atoms in total. The highest BCUT2D eigenvalue weighted by molar-refractivity contribution is 5.76. The van der Waals surface area contributed by atoms with E-state index in [0.29, 0.717) is 38.0 Å². The van der Waals surface area contributed by atoms with Crippen LogP contribution in [0.15, 0.2) is 24.3 Å². The number of carbonyl (C=O) groups excluding carboxylic acids is 1. The number of hydrogen-bond donors (Lipinski definition) is 2. The van der Waals surface area contributed by atoms with Gasteiger partial charge >= 0.3 is 5.97 Å². The van der Waals surface area contributed by atoms with E-state index >= 15 is 0 Å². The van der Waals surface area contributed by atoms with Crippen molar-refractivity contribution in [3.63, 3.8) is 0 Å². The molecule has 6 heteroatoms. The Hall–Kier alpha value is -2.11. The molecule has 1 fully saturated rings. The molecule has 1 aromatic carbocycles. The molecule has 0 radical (unpaired) electrons. The molecule has 120 valence electrons. The largest absolute Gasteiger partial charge is 0.494 e. The quantitative estimate of drug-likeness (QED) is 0.758. The van der Waals surface area contributed by atoms with Gasteiger partial charge < -0.3 is 15.2 Å². The maximum absolute atomic E-state index is 12.7. The summed E-state index contributed by atoms with van der Waals surface area (Å²) in [6.07, 6.45) is 2.73. The zero-order chi connectivity index (χ0) is 15.9. The van der Waals surface area contributed by atoms with Crippen LogP contribution in [0.2, 0.25) is 0 Å². The molecule has 0 bridgehead atoms. The first-order valence-electron chi connectivity index (χ1n) is 7.45. The van der Waals surface area contributed by atoms with Crippen LogP contribution in [0, 0.1) is 11.7 Å². The van der Waals surface area contributed by atoms with Crippen LogP contribution in [0.5, 0.6) is 5.75 Å². The van der Waals surface area contributed by atoms with Crippen molar-refractivity contribution in [1.82, 2.24) is 5.32 Å². The lowest BCUT2D eigenvalue weighted by molar-refractivity contribution is -0.141. The fraction of sp³-hybridized carbons (Fsp3) is 0.500. The maximum atomic E-state index is 12.7. The monoisotopic (exact) mass is 309 g/mol. The molecule has 1 amide bonds. The molecule has 2 rings (SSSR count). The predicted octanol–water partition coefficient (Wildman–Crippen LogP) is 2.35. The van der Waals surface area contributed by atoms with Gasteiger partial charge in [0.05, 0.1) is 12.5 Å². The van der Waals surface area contributed by atoms with Crippen molar-refractivity contribution in [3.8, 4) is 5.75 Å². The number of ether oxygens (including phenoxy) is 1. The second-order valence-electron chi connectivity index (χ2n) is 5.52. The summed E-state index contributed by atoms with van der Waals surface area (Å²) in [4.78, 5) is 22.6. The molecule has 1 aliphatic carbocycles. The second kappa shape index (κ2) is 7.77. The highest BCUT2D eigenvalue weighted by Crippen LogP contribution is 2.25. The van der Waals surface area contributed by atoms with Gasteiger partial charge in [0.1, 0.15) is 11.6 Å². The fourth-order valence-corrected chi connectivity index (χ4v) is 2.59. The molecular weight excluding hydrogens is 289 g/mol. The fourth-order valence-electron chi connectivity index (χ4n) is 2.59. The Morgan fingerprint density at radius 3 is 2.64 bits per heavy atom. The molecule has 0 heterocycles. The van der Waals surface area contributed by atoms with Crippen molar-refractivity contribution in [1.29, 1.82) is 0 Å². The Bertz CT molecular complexity index is 517. The Balaban J connectivity index is 1.60. The number of carboxylic acids is 1. The summed E-state index contributed by atoms with van der Waals surface area (Å²) in [5.74, 6) is -0.958. The van der Waals surface area contributed by atoms with Crippen molar-refractivity contribution >= 4 is 11.9 Å². The average molecular weight is 309 g/mol. The smallest absolute Gasteiger partial charge is 0.306 e. The van der Waals surface area contributed by atoms with Gasteiger partial charge in [0.2, 0.25) is 5.91 Å². The van der Waals surface area contributed by atoms with Crippen LogP contribution in [0.25, 0.3) is 0 Å². The van der Waals surface area contributed by atoms with Crippen molar-refractivity contribution in [2.75, 3.05) is 6.61 Å². The van der Waals surface area contributed by atoms with E-state index < -0.39 is 5.97 Å². The van der Waals surface area contributed by atoms with Gasteiger partial charge in [-0.2, -0.15) is 0 Å². The molecule has 0 aliphatic heterocycles. The summed E-state index contributed by atoms with van der Waals surface area (Å²) in [5.41, 5.74) is 0. The summed E-state index contributed by atoms with van der Waals surface area (Å²) >= 11 is 0. The van der Waals surface area contributed by atoms with Crippen molar-refractivity contribution < 1.29 is 23.8 Å². The Kier molecular flexibility index (Phi) is 5.75. The number of rotatable bonds is 7.